The molecule has 0 unspecified atom stereocenters. The van der Waals surface area contributed by atoms with Crippen LogP contribution in [0, 0.1) is 0 Å². The highest BCUT2D eigenvalue weighted by molar-refractivity contribution is 6.39. The lowest BCUT2D eigenvalue weighted by Gasteiger charge is -2.11. The number of carbonyl (C=O) groups excluding carboxylic acids is 2. The minimum atomic E-state index is -4.49. The van der Waals surface area contributed by atoms with Gasteiger partial charge in [-0.25, -0.2) is 4.98 Å². The van der Waals surface area contributed by atoms with Crippen LogP contribution in [-0.2, 0) is 15.8 Å². The van der Waals surface area contributed by atoms with Crippen LogP contribution >= 0.6 is 0 Å². The Morgan fingerprint density at radius 1 is 1.08 bits per heavy atom. The van der Waals surface area contributed by atoms with Gasteiger partial charge in [-0.2, -0.15) is 13.2 Å². The molecule has 3 rings (SSSR count). The van der Waals surface area contributed by atoms with Crippen LogP contribution in [0.15, 0.2) is 42.5 Å². The molecule has 6 nitrogen and oxygen atoms in total. The molecule has 0 aliphatic carbocycles. The SMILES string of the molecule is CNC(=O)C(=O)Nc1ccc2cc(-c3ccccc3C(F)(F)F)[nH]c2n1. The molecule has 0 aliphatic rings. The van der Waals surface area contributed by atoms with E-state index in [0.717, 1.165) is 6.07 Å². The van der Waals surface area contributed by atoms with Gasteiger partial charge >= 0.3 is 18.0 Å². The van der Waals surface area contributed by atoms with Crippen molar-refractivity contribution in [3.8, 4) is 11.3 Å². The van der Waals surface area contributed by atoms with Crippen molar-refractivity contribution < 1.29 is 22.8 Å². The summed E-state index contributed by atoms with van der Waals surface area (Å²) in [5, 5.41) is 5.05. The van der Waals surface area contributed by atoms with E-state index in [1.54, 1.807) is 6.07 Å². The van der Waals surface area contributed by atoms with E-state index in [-0.39, 0.29) is 22.7 Å². The van der Waals surface area contributed by atoms with Gasteiger partial charge < -0.3 is 15.6 Å². The van der Waals surface area contributed by atoms with E-state index in [1.807, 2.05) is 0 Å². The minimum absolute atomic E-state index is 0.00561. The third-order valence-electron chi connectivity index (χ3n) is 3.68. The van der Waals surface area contributed by atoms with Gasteiger partial charge in [-0.3, -0.25) is 9.59 Å². The molecule has 0 saturated carbocycles. The molecule has 0 spiro atoms. The number of nitrogens with one attached hydrogen (secondary N) is 3. The summed E-state index contributed by atoms with van der Waals surface area (Å²) < 4.78 is 39.6. The average molecular weight is 362 g/mol. The summed E-state index contributed by atoms with van der Waals surface area (Å²) in [4.78, 5) is 29.7. The monoisotopic (exact) mass is 362 g/mol. The summed E-state index contributed by atoms with van der Waals surface area (Å²) in [5.41, 5.74) is -0.240. The Bertz CT molecular complexity index is 995. The van der Waals surface area contributed by atoms with Crippen molar-refractivity contribution in [2.45, 2.75) is 6.18 Å². The van der Waals surface area contributed by atoms with Gasteiger partial charge in [0.1, 0.15) is 11.5 Å². The molecule has 3 N–H and O–H groups in total. The van der Waals surface area contributed by atoms with Crippen LogP contribution in [0.1, 0.15) is 5.56 Å². The highest BCUT2D eigenvalue weighted by atomic mass is 19.4. The number of nitrogens with zero attached hydrogens (tertiary/aromatic N) is 1. The van der Waals surface area contributed by atoms with Crippen molar-refractivity contribution in [1.82, 2.24) is 15.3 Å². The number of halogens is 3. The van der Waals surface area contributed by atoms with Crippen molar-refractivity contribution in [2.75, 3.05) is 12.4 Å². The molecule has 0 fully saturated rings. The van der Waals surface area contributed by atoms with Crippen LogP contribution < -0.4 is 10.6 Å². The van der Waals surface area contributed by atoms with Crippen molar-refractivity contribution >= 4 is 28.7 Å². The fourth-order valence-electron chi connectivity index (χ4n) is 2.47. The smallest absolute Gasteiger partial charge is 0.351 e. The molecule has 2 aromatic heterocycles. The lowest BCUT2D eigenvalue weighted by atomic mass is 10.0. The van der Waals surface area contributed by atoms with Crippen LogP contribution in [0.25, 0.3) is 22.3 Å². The fourth-order valence-corrected chi connectivity index (χ4v) is 2.47. The number of alkyl halides is 3. The molecule has 2 amide bonds. The molecule has 0 atom stereocenters. The first-order chi connectivity index (χ1) is 12.3. The lowest BCUT2D eigenvalue weighted by molar-refractivity contribution is -0.137. The molecule has 2 heterocycles. The Hall–Kier alpha value is -3.36. The van der Waals surface area contributed by atoms with E-state index in [2.05, 4.69) is 20.6 Å². The van der Waals surface area contributed by atoms with Crippen molar-refractivity contribution in [1.29, 1.82) is 0 Å². The molecule has 1 aromatic carbocycles. The number of pyridine rings is 1. The Balaban J connectivity index is 1.99. The van der Waals surface area contributed by atoms with Gasteiger partial charge in [-0.1, -0.05) is 18.2 Å². The third-order valence-corrected chi connectivity index (χ3v) is 3.68. The summed E-state index contributed by atoms with van der Waals surface area (Å²) in [6, 6.07) is 9.77. The van der Waals surface area contributed by atoms with Gasteiger partial charge in [0.05, 0.1) is 5.56 Å². The number of fused-ring (bicyclic) bond motifs is 1. The zero-order valence-electron chi connectivity index (χ0n) is 13.4. The van der Waals surface area contributed by atoms with Crippen molar-refractivity contribution in [2.24, 2.45) is 0 Å². The number of rotatable bonds is 2. The van der Waals surface area contributed by atoms with Crippen LogP contribution in [0.4, 0.5) is 19.0 Å². The zero-order valence-corrected chi connectivity index (χ0v) is 13.4. The first kappa shape index (κ1) is 17.5. The predicted molar refractivity (Wildman–Crippen MR) is 89.2 cm³/mol. The summed E-state index contributed by atoms with van der Waals surface area (Å²) in [7, 11) is 1.31. The van der Waals surface area contributed by atoms with Gasteiger partial charge in [-0.15, -0.1) is 0 Å². The van der Waals surface area contributed by atoms with Crippen LogP contribution in [0.2, 0.25) is 0 Å². The molecule has 134 valence electrons. The Kier molecular flexibility index (Phi) is 4.37. The van der Waals surface area contributed by atoms with E-state index in [4.69, 9.17) is 0 Å². The number of hydrogen-bond donors (Lipinski definition) is 3. The van der Waals surface area contributed by atoms with Gasteiger partial charge in [0.25, 0.3) is 0 Å². The van der Waals surface area contributed by atoms with Gasteiger partial charge in [0, 0.05) is 23.7 Å². The summed E-state index contributed by atoms with van der Waals surface area (Å²) in [6.07, 6.45) is -4.49. The van der Waals surface area contributed by atoms with Gasteiger partial charge in [0.15, 0.2) is 0 Å². The fraction of sp³-hybridized carbons (Fsp3) is 0.118. The number of carbonyl (C=O) groups is 2. The van der Waals surface area contributed by atoms with E-state index in [0.29, 0.717) is 5.39 Å². The third kappa shape index (κ3) is 3.37. The maximum absolute atomic E-state index is 13.2. The topological polar surface area (TPSA) is 86.9 Å². The first-order valence-electron chi connectivity index (χ1n) is 7.49. The Labute approximate surface area is 145 Å². The molecule has 0 saturated heterocycles. The average Bonchev–Trinajstić information content (AvgIpc) is 3.03. The van der Waals surface area contributed by atoms with Crippen LogP contribution in [-0.4, -0.2) is 28.8 Å². The number of H-pyrrole nitrogens is 1. The summed E-state index contributed by atoms with van der Waals surface area (Å²) >= 11 is 0. The van der Waals surface area contributed by atoms with E-state index >= 15 is 0 Å². The first-order valence-corrected chi connectivity index (χ1v) is 7.49. The molecule has 0 radical (unpaired) electrons. The number of aromatic nitrogens is 2. The number of benzene rings is 1. The van der Waals surface area contributed by atoms with Crippen LogP contribution in [0.5, 0.6) is 0 Å². The molecule has 26 heavy (non-hydrogen) atoms. The van der Waals surface area contributed by atoms with Crippen LogP contribution in [0.3, 0.4) is 0 Å². The lowest BCUT2D eigenvalue weighted by Crippen LogP contribution is -2.32. The highest BCUT2D eigenvalue weighted by Crippen LogP contribution is 2.37. The van der Waals surface area contributed by atoms with Gasteiger partial charge in [0.2, 0.25) is 0 Å². The van der Waals surface area contributed by atoms with E-state index in [1.165, 1.54) is 37.4 Å². The second-order valence-corrected chi connectivity index (χ2v) is 5.39. The number of aromatic amines is 1. The molecule has 3 aromatic rings. The molecular weight excluding hydrogens is 349 g/mol. The predicted octanol–water partition coefficient (Wildman–Crippen LogP) is 2.93. The van der Waals surface area contributed by atoms with Gasteiger partial charge in [-0.05, 0) is 24.3 Å². The number of amides is 2. The highest BCUT2D eigenvalue weighted by Gasteiger charge is 2.33. The molecule has 0 bridgehead atoms. The minimum Gasteiger partial charge on any atom is -0.351 e. The maximum atomic E-state index is 13.2. The van der Waals surface area contributed by atoms with E-state index in [9.17, 15) is 22.8 Å². The second kappa shape index (κ2) is 6.51. The van der Waals surface area contributed by atoms with Crippen molar-refractivity contribution in [3.05, 3.63) is 48.0 Å². The largest absolute Gasteiger partial charge is 0.417 e. The number of anilines is 1. The number of hydrogen-bond acceptors (Lipinski definition) is 3. The molecule has 9 heteroatoms. The second-order valence-electron chi connectivity index (χ2n) is 5.39. The molecular formula is C17H13F3N4O2. The normalized spacial score (nSPS) is 11.4. The zero-order chi connectivity index (χ0) is 18.9. The summed E-state index contributed by atoms with van der Waals surface area (Å²) in [6.45, 7) is 0. The standard InChI is InChI=1S/C17H13F3N4O2/c1-21-15(25)16(26)24-13-7-6-9-8-12(22-14(9)23-13)10-4-2-3-5-11(10)17(18,19)20/h2-8H,1H3,(H,21,25)(H2,22,23,24,26). The maximum Gasteiger partial charge on any atom is 0.417 e. The quantitative estimate of drug-likeness (QED) is 0.613. The Morgan fingerprint density at radius 3 is 2.50 bits per heavy atom. The summed E-state index contributed by atoms with van der Waals surface area (Å²) in [5.74, 6) is -1.63. The Morgan fingerprint density at radius 2 is 1.81 bits per heavy atom. The van der Waals surface area contributed by atoms with E-state index < -0.39 is 23.6 Å². The van der Waals surface area contributed by atoms with Crippen molar-refractivity contribution in [3.63, 3.8) is 0 Å². The number of likely N-dealkylation sites (N-methyl/N-ethyl adjacent to an activating group) is 1. The molecule has 0 aliphatic heterocycles.